The summed E-state index contributed by atoms with van der Waals surface area (Å²) in [5.74, 6) is 0.572. The predicted molar refractivity (Wildman–Crippen MR) is 97.6 cm³/mol. The minimum atomic E-state index is -0.147. The van der Waals surface area contributed by atoms with Crippen molar-refractivity contribution >= 4 is 54.6 Å². The second kappa shape index (κ2) is 5.43. The summed E-state index contributed by atoms with van der Waals surface area (Å²) in [6, 6.07) is 7.77. The van der Waals surface area contributed by atoms with Crippen LogP contribution in [0.3, 0.4) is 0 Å². The van der Waals surface area contributed by atoms with E-state index in [4.69, 9.17) is 0 Å². The van der Waals surface area contributed by atoms with Crippen LogP contribution in [0, 0.1) is 6.92 Å². The molecule has 1 aromatic carbocycles. The molecule has 0 radical (unpaired) electrons. The Balaban J connectivity index is 1.84. The minimum Gasteiger partial charge on any atom is -0.361 e. The molecule has 23 heavy (non-hydrogen) atoms. The number of aromatic amines is 1. The van der Waals surface area contributed by atoms with Crippen LogP contribution in [0.4, 0.5) is 0 Å². The molecule has 0 spiro atoms. The van der Waals surface area contributed by atoms with Crippen LogP contribution in [-0.4, -0.2) is 20.9 Å². The molecular formula is C16H11BrN4OS. The molecular weight excluding hydrogens is 376 g/mol. The second-order valence-corrected chi connectivity index (χ2v) is 6.90. The highest BCUT2D eigenvalue weighted by Crippen LogP contribution is 2.21. The van der Waals surface area contributed by atoms with Crippen molar-refractivity contribution in [3.8, 4) is 0 Å². The van der Waals surface area contributed by atoms with Crippen molar-refractivity contribution < 1.29 is 0 Å². The molecule has 0 aliphatic carbocycles. The Labute approximate surface area is 143 Å². The first-order valence-electron chi connectivity index (χ1n) is 6.91. The van der Waals surface area contributed by atoms with Crippen LogP contribution >= 0.6 is 27.3 Å². The molecule has 4 rings (SSSR count). The number of halogens is 1. The highest BCUT2D eigenvalue weighted by Gasteiger charge is 2.08. The Morgan fingerprint density at radius 1 is 1.35 bits per heavy atom. The lowest BCUT2D eigenvalue weighted by Gasteiger charge is -2.02. The van der Waals surface area contributed by atoms with Gasteiger partial charge in [0.1, 0.15) is 10.7 Å². The van der Waals surface area contributed by atoms with E-state index in [1.54, 1.807) is 19.2 Å². The van der Waals surface area contributed by atoms with Crippen LogP contribution in [0.1, 0.15) is 11.4 Å². The zero-order valence-corrected chi connectivity index (χ0v) is 14.5. The van der Waals surface area contributed by atoms with E-state index in [9.17, 15) is 4.79 Å². The number of benzene rings is 1. The van der Waals surface area contributed by atoms with Gasteiger partial charge in [-0.1, -0.05) is 15.9 Å². The molecule has 114 valence electrons. The van der Waals surface area contributed by atoms with Gasteiger partial charge in [-0.25, -0.2) is 4.98 Å². The molecule has 0 aliphatic rings. The number of hydrogen-bond acceptors (Lipinski definition) is 4. The van der Waals surface area contributed by atoms with Gasteiger partial charge >= 0.3 is 0 Å². The van der Waals surface area contributed by atoms with Gasteiger partial charge in [-0.2, -0.15) is 9.78 Å². The largest absolute Gasteiger partial charge is 0.361 e. The molecule has 0 saturated heterocycles. The summed E-state index contributed by atoms with van der Waals surface area (Å²) in [6.45, 7) is 1.78. The summed E-state index contributed by atoms with van der Waals surface area (Å²) >= 11 is 4.93. The number of rotatable bonds is 2. The van der Waals surface area contributed by atoms with Crippen LogP contribution in [0.15, 0.2) is 50.2 Å². The summed E-state index contributed by atoms with van der Waals surface area (Å²) in [7, 11) is 0. The average Bonchev–Trinajstić information content (AvgIpc) is 3.14. The van der Waals surface area contributed by atoms with Gasteiger partial charge in [0.15, 0.2) is 0 Å². The maximum absolute atomic E-state index is 12.5. The predicted octanol–water partition coefficient (Wildman–Crippen LogP) is 3.89. The molecule has 0 amide bonds. The molecule has 7 heteroatoms. The number of nitrogens with zero attached hydrogens (tertiary/aromatic N) is 3. The van der Waals surface area contributed by atoms with E-state index in [1.165, 1.54) is 16.0 Å². The summed E-state index contributed by atoms with van der Waals surface area (Å²) in [6.07, 6.45) is 3.55. The summed E-state index contributed by atoms with van der Waals surface area (Å²) in [4.78, 5) is 20.9. The Bertz CT molecular complexity index is 1120. The number of H-pyrrole nitrogens is 1. The Morgan fingerprint density at radius 2 is 2.22 bits per heavy atom. The highest BCUT2D eigenvalue weighted by atomic mass is 79.9. The van der Waals surface area contributed by atoms with Gasteiger partial charge in [0, 0.05) is 27.1 Å². The number of aryl methyl sites for hydroxylation is 1. The van der Waals surface area contributed by atoms with Crippen LogP contribution in [0.5, 0.6) is 0 Å². The fourth-order valence-electron chi connectivity index (χ4n) is 2.48. The lowest BCUT2D eigenvalue weighted by molar-refractivity contribution is 0.772. The number of nitrogens with one attached hydrogen (secondary N) is 1. The Hall–Kier alpha value is -2.25. The van der Waals surface area contributed by atoms with Crippen molar-refractivity contribution in [2.24, 2.45) is 5.10 Å². The van der Waals surface area contributed by atoms with Crippen LogP contribution < -0.4 is 5.56 Å². The van der Waals surface area contributed by atoms with Crippen molar-refractivity contribution in [2.75, 3.05) is 0 Å². The summed E-state index contributed by atoms with van der Waals surface area (Å²) < 4.78 is 2.33. The number of fused-ring (bicyclic) bond motifs is 2. The molecule has 0 aliphatic heterocycles. The van der Waals surface area contributed by atoms with Gasteiger partial charge in [-0.05, 0) is 36.6 Å². The monoisotopic (exact) mass is 386 g/mol. The van der Waals surface area contributed by atoms with Crippen LogP contribution in [-0.2, 0) is 0 Å². The van der Waals surface area contributed by atoms with E-state index < -0.39 is 0 Å². The lowest BCUT2D eigenvalue weighted by Crippen LogP contribution is -2.19. The fourth-order valence-corrected chi connectivity index (χ4v) is 3.64. The fraction of sp³-hybridized carbons (Fsp3) is 0.0625. The molecule has 3 heterocycles. The molecule has 3 aromatic heterocycles. The van der Waals surface area contributed by atoms with Crippen molar-refractivity contribution in [3.63, 3.8) is 0 Å². The van der Waals surface area contributed by atoms with Gasteiger partial charge in [0.25, 0.3) is 5.56 Å². The number of hydrogen-bond donors (Lipinski definition) is 1. The molecule has 0 unspecified atom stereocenters. The maximum atomic E-state index is 12.5. The van der Waals surface area contributed by atoms with Gasteiger partial charge in [0.2, 0.25) is 0 Å². The van der Waals surface area contributed by atoms with E-state index in [0.29, 0.717) is 11.2 Å². The Kier molecular flexibility index (Phi) is 3.39. The Morgan fingerprint density at radius 3 is 3.09 bits per heavy atom. The third-order valence-electron chi connectivity index (χ3n) is 3.63. The lowest BCUT2D eigenvalue weighted by atomic mass is 10.2. The first-order chi connectivity index (χ1) is 11.1. The minimum absolute atomic E-state index is 0.147. The van der Waals surface area contributed by atoms with Crippen molar-refractivity contribution in [2.45, 2.75) is 6.92 Å². The smallest absolute Gasteiger partial charge is 0.282 e. The summed E-state index contributed by atoms with van der Waals surface area (Å²) in [5.41, 5.74) is 1.79. The summed E-state index contributed by atoms with van der Waals surface area (Å²) in [5, 5.41) is 7.84. The van der Waals surface area contributed by atoms with Gasteiger partial charge in [-0.15, -0.1) is 11.3 Å². The van der Waals surface area contributed by atoms with Crippen LogP contribution in [0.2, 0.25) is 0 Å². The molecule has 0 atom stereocenters. The standard InChI is InChI=1S/C16H11BrN4OS/c1-9-20-15-12(4-5-23-15)16(22)21(9)19-8-10-7-18-14-3-2-11(17)6-13(10)14/h2-8,18H,1H3/b19-8+. The third kappa shape index (κ3) is 2.42. The van der Waals surface area contributed by atoms with E-state index in [1.807, 2.05) is 29.8 Å². The second-order valence-electron chi connectivity index (χ2n) is 5.09. The SMILES string of the molecule is Cc1nc2sccc2c(=O)n1/N=C/c1c[nH]c2ccc(Br)cc12. The van der Waals surface area contributed by atoms with Crippen LogP contribution in [0.25, 0.3) is 21.1 Å². The average molecular weight is 387 g/mol. The topological polar surface area (TPSA) is 63.0 Å². The van der Waals surface area contributed by atoms with E-state index in [2.05, 4.69) is 31.0 Å². The third-order valence-corrected chi connectivity index (χ3v) is 4.93. The first-order valence-corrected chi connectivity index (χ1v) is 8.58. The molecule has 5 nitrogen and oxygen atoms in total. The van der Waals surface area contributed by atoms with Gasteiger partial charge in [0.05, 0.1) is 11.6 Å². The molecule has 0 fully saturated rings. The zero-order valence-electron chi connectivity index (χ0n) is 12.1. The quantitative estimate of drug-likeness (QED) is 0.531. The molecule has 0 saturated carbocycles. The van der Waals surface area contributed by atoms with Crippen molar-refractivity contribution in [1.82, 2.24) is 14.6 Å². The molecule has 4 aromatic rings. The number of aromatic nitrogens is 3. The van der Waals surface area contributed by atoms with E-state index >= 15 is 0 Å². The zero-order chi connectivity index (χ0) is 16.0. The maximum Gasteiger partial charge on any atom is 0.282 e. The van der Waals surface area contributed by atoms with Gasteiger partial charge < -0.3 is 4.98 Å². The number of thiophene rings is 1. The van der Waals surface area contributed by atoms with Gasteiger partial charge in [-0.3, -0.25) is 4.79 Å². The molecule has 1 N–H and O–H groups in total. The van der Waals surface area contributed by atoms with Crippen molar-refractivity contribution in [3.05, 3.63) is 62.1 Å². The van der Waals surface area contributed by atoms with E-state index in [-0.39, 0.29) is 5.56 Å². The normalized spacial score (nSPS) is 11.9. The first kappa shape index (κ1) is 14.3. The van der Waals surface area contributed by atoms with E-state index in [0.717, 1.165) is 25.8 Å². The van der Waals surface area contributed by atoms with Crippen molar-refractivity contribution in [1.29, 1.82) is 0 Å². The molecule has 0 bridgehead atoms. The highest BCUT2D eigenvalue weighted by molar-refractivity contribution is 9.10.